The fourth-order valence-corrected chi connectivity index (χ4v) is 4.25. The first-order valence-electron chi connectivity index (χ1n) is 9.94. The van der Waals surface area contributed by atoms with Gasteiger partial charge in [-0.05, 0) is 42.8 Å². The van der Waals surface area contributed by atoms with E-state index in [1.807, 2.05) is 22.9 Å². The molecule has 5 rings (SSSR count). The topological polar surface area (TPSA) is 139 Å². The molecule has 8 nitrogen and oxygen atoms in total. The highest BCUT2D eigenvalue weighted by molar-refractivity contribution is 6.50. The first kappa shape index (κ1) is 19.0. The largest absolute Gasteiger partial charge is 0.399 e. The van der Waals surface area contributed by atoms with Crippen LogP contribution in [-0.4, -0.2) is 33.1 Å². The summed E-state index contributed by atoms with van der Waals surface area (Å²) in [5.74, 6) is -0.912. The predicted molar refractivity (Wildman–Crippen MR) is 121 cm³/mol. The zero-order chi connectivity index (χ0) is 21.7. The molecule has 2 amide bonds. The maximum absolute atomic E-state index is 12.9. The van der Waals surface area contributed by atoms with E-state index in [0.717, 1.165) is 21.8 Å². The number of aliphatic hydroxyl groups excluding tert-OH is 1. The number of H-pyrrole nitrogens is 1. The maximum atomic E-state index is 12.9. The molecule has 0 unspecified atom stereocenters. The second-order valence-corrected chi connectivity index (χ2v) is 7.63. The highest BCUT2D eigenvalue weighted by Gasteiger charge is 2.35. The summed E-state index contributed by atoms with van der Waals surface area (Å²) in [6.07, 6.45) is 4.12. The monoisotopic (exact) mass is 415 g/mol. The third-order valence-electron chi connectivity index (χ3n) is 5.64. The maximum Gasteiger partial charge on any atom is 0.259 e. The van der Waals surface area contributed by atoms with Crippen LogP contribution in [0.25, 0.3) is 33.0 Å². The van der Waals surface area contributed by atoms with Crippen molar-refractivity contribution in [2.75, 3.05) is 18.1 Å². The molecule has 0 bridgehead atoms. The Bertz CT molecular complexity index is 1410. The molecule has 31 heavy (non-hydrogen) atoms. The number of rotatable bonds is 5. The van der Waals surface area contributed by atoms with Crippen LogP contribution in [0.2, 0.25) is 0 Å². The molecule has 0 saturated carbocycles. The number of nitrogens with two attached hydrogens (primary N) is 2. The lowest BCUT2D eigenvalue weighted by Crippen LogP contribution is -2.22. The molecule has 3 heterocycles. The molecule has 2 aromatic heterocycles. The van der Waals surface area contributed by atoms with Crippen LogP contribution in [-0.2, 0) is 16.1 Å². The molecule has 7 N–H and O–H groups in total. The second-order valence-electron chi connectivity index (χ2n) is 7.63. The zero-order valence-electron chi connectivity index (χ0n) is 16.6. The number of hydrogen-bond donors (Lipinski definition) is 5. The Kier molecular flexibility index (Phi) is 4.30. The molecule has 4 aromatic rings. The number of aliphatic hydroxyl groups is 1. The number of imide groups is 1. The first-order valence-corrected chi connectivity index (χ1v) is 9.94. The number of nitrogens with one attached hydrogen (secondary N) is 2. The van der Waals surface area contributed by atoms with Crippen LogP contribution >= 0.6 is 0 Å². The Balaban J connectivity index is 1.81. The SMILES string of the molecule is Nc1ccc2[nH]cc(C3=C(c4cn(CCCO)c5ccc(N)cc45)C(=O)NC3=O)c2c1. The molecule has 2 aromatic carbocycles. The van der Waals surface area contributed by atoms with Crippen molar-refractivity contribution in [3.63, 3.8) is 0 Å². The van der Waals surface area contributed by atoms with Crippen molar-refractivity contribution in [2.45, 2.75) is 13.0 Å². The molecule has 0 aliphatic carbocycles. The van der Waals surface area contributed by atoms with Gasteiger partial charge in [0.05, 0.1) is 11.1 Å². The van der Waals surface area contributed by atoms with E-state index < -0.39 is 11.8 Å². The summed E-state index contributed by atoms with van der Waals surface area (Å²) < 4.78 is 1.97. The van der Waals surface area contributed by atoms with Crippen LogP contribution in [0.1, 0.15) is 17.5 Å². The summed E-state index contributed by atoms with van der Waals surface area (Å²) in [5.41, 5.74) is 16.6. The van der Waals surface area contributed by atoms with E-state index in [9.17, 15) is 14.7 Å². The standard InChI is InChI=1S/C23H21N5O3/c24-12-2-4-18-14(8-12)16(10-26-18)20-21(23(31)27-22(20)30)17-11-28(6-1-7-29)19-5-3-13(25)9-15(17)19/h2-5,8-11,26,29H,1,6-7,24-25H2,(H,27,30,31). The number of benzene rings is 2. The molecular weight excluding hydrogens is 394 g/mol. The number of aromatic nitrogens is 2. The van der Waals surface area contributed by atoms with Crippen molar-refractivity contribution < 1.29 is 14.7 Å². The lowest BCUT2D eigenvalue weighted by molar-refractivity contribution is -0.122. The molecular formula is C23H21N5O3. The van der Waals surface area contributed by atoms with Gasteiger partial charge in [-0.15, -0.1) is 0 Å². The minimum Gasteiger partial charge on any atom is -0.399 e. The second kappa shape index (κ2) is 7.03. The van der Waals surface area contributed by atoms with Crippen molar-refractivity contribution in [1.29, 1.82) is 0 Å². The normalized spacial score (nSPS) is 14.2. The number of carbonyl (C=O) groups excluding carboxylic acids is 2. The van der Waals surface area contributed by atoms with Crippen LogP contribution in [0.5, 0.6) is 0 Å². The summed E-state index contributed by atoms with van der Waals surface area (Å²) in [4.78, 5) is 29.0. The van der Waals surface area contributed by atoms with Crippen LogP contribution in [0.4, 0.5) is 11.4 Å². The molecule has 0 atom stereocenters. The van der Waals surface area contributed by atoms with E-state index in [2.05, 4.69) is 10.3 Å². The number of carbonyl (C=O) groups is 2. The van der Waals surface area contributed by atoms with Crippen molar-refractivity contribution in [1.82, 2.24) is 14.9 Å². The van der Waals surface area contributed by atoms with Gasteiger partial charge in [-0.2, -0.15) is 0 Å². The smallest absolute Gasteiger partial charge is 0.259 e. The van der Waals surface area contributed by atoms with Crippen molar-refractivity contribution in [2.24, 2.45) is 0 Å². The van der Waals surface area contributed by atoms with Gasteiger partial charge in [0, 0.05) is 69.9 Å². The molecule has 0 saturated heterocycles. The van der Waals surface area contributed by atoms with E-state index in [-0.39, 0.29) is 6.61 Å². The van der Waals surface area contributed by atoms with E-state index in [0.29, 0.717) is 46.6 Å². The lowest BCUT2D eigenvalue weighted by atomic mass is 9.95. The van der Waals surface area contributed by atoms with E-state index >= 15 is 0 Å². The summed E-state index contributed by atoms with van der Waals surface area (Å²) in [6.45, 7) is 0.617. The number of nitrogens with zero attached hydrogens (tertiary/aromatic N) is 1. The fourth-order valence-electron chi connectivity index (χ4n) is 4.25. The molecule has 1 aliphatic rings. The number of fused-ring (bicyclic) bond motifs is 2. The van der Waals surface area contributed by atoms with Crippen LogP contribution in [0.3, 0.4) is 0 Å². The third-order valence-corrected chi connectivity index (χ3v) is 5.64. The Hall–Kier alpha value is -4.04. The van der Waals surface area contributed by atoms with E-state index in [1.54, 1.807) is 30.5 Å². The molecule has 156 valence electrons. The summed E-state index contributed by atoms with van der Waals surface area (Å²) in [5, 5.41) is 13.2. The summed E-state index contributed by atoms with van der Waals surface area (Å²) in [6, 6.07) is 10.9. The third kappa shape index (κ3) is 2.96. The number of aromatic amines is 1. The Morgan fingerprint density at radius 3 is 2.32 bits per heavy atom. The van der Waals surface area contributed by atoms with Gasteiger partial charge in [-0.1, -0.05) is 0 Å². The van der Waals surface area contributed by atoms with Crippen molar-refractivity contribution in [3.8, 4) is 0 Å². The van der Waals surface area contributed by atoms with E-state index in [4.69, 9.17) is 11.5 Å². The van der Waals surface area contributed by atoms with Crippen molar-refractivity contribution >= 4 is 56.1 Å². The predicted octanol–water partition coefficient (Wildman–Crippen LogP) is 2.24. The van der Waals surface area contributed by atoms with Crippen molar-refractivity contribution in [3.05, 3.63) is 59.9 Å². The number of amides is 2. The zero-order valence-corrected chi connectivity index (χ0v) is 16.6. The molecule has 0 fully saturated rings. The van der Waals surface area contributed by atoms with Gasteiger partial charge in [0.1, 0.15) is 0 Å². The lowest BCUT2D eigenvalue weighted by Gasteiger charge is -2.04. The van der Waals surface area contributed by atoms with Gasteiger partial charge in [0.25, 0.3) is 11.8 Å². The van der Waals surface area contributed by atoms with Gasteiger partial charge >= 0.3 is 0 Å². The van der Waals surface area contributed by atoms with Crippen LogP contribution in [0.15, 0.2) is 48.8 Å². The highest BCUT2D eigenvalue weighted by Crippen LogP contribution is 2.39. The highest BCUT2D eigenvalue weighted by atomic mass is 16.3. The summed E-state index contributed by atoms with van der Waals surface area (Å²) >= 11 is 0. The molecule has 1 aliphatic heterocycles. The Morgan fingerprint density at radius 1 is 0.903 bits per heavy atom. The van der Waals surface area contributed by atoms with Gasteiger partial charge in [-0.25, -0.2) is 0 Å². The van der Waals surface area contributed by atoms with E-state index in [1.165, 1.54) is 0 Å². The Labute approximate surface area is 177 Å². The van der Waals surface area contributed by atoms with Crippen LogP contribution in [0, 0.1) is 0 Å². The average molecular weight is 415 g/mol. The molecule has 0 spiro atoms. The summed E-state index contributed by atoms with van der Waals surface area (Å²) in [7, 11) is 0. The number of aryl methyl sites for hydroxylation is 1. The average Bonchev–Trinajstić information content (AvgIpc) is 3.38. The first-order chi connectivity index (χ1) is 15.0. The van der Waals surface area contributed by atoms with Crippen LogP contribution < -0.4 is 16.8 Å². The Morgan fingerprint density at radius 2 is 1.58 bits per heavy atom. The number of hydrogen-bond acceptors (Lipinski definition) is 5. The van der Waals surface area contributed by atoms with Gasteiger partial charge in [0.2, 0.25) is 0 Å². The minimum absolute atomic E-state index is 0.0493. The minimum atomic E-state index is -0.457. The molecule has 8 heteroatoms. The number of anilines is 2. The van der Waals surface area contributed by atoms with Gasteiger partial charge in [-0.3, -0.25) is 14.9 Å². The number of nitrogen functional groups attached to an aromatic ring is 2. The van der Waals surface area contributed by atoms with Gasteiger partial charge < -0.3 is 26.1 Å². The quantitative estimate of drug-likeness (QED) is 0.251. The fraction of sp³-hybridized carbons (Fsp3) is 0.130. The van der Waals surface area contributed by atoms with Gasteiger partial charge in [0.15, 0.2) is 0 Å². The molecule has 0 radical (unpaired) electrons.